The summed E-state index contributed by atoms with van der Waals surface area (Å²) >= 11 is 0. The summed E-state index contributed by atoms with van der Waals surface area (Å²) < 4.78 is 26.7. The molecule has 0 bridgehead atoms. The lowest BCUT2D eigenvalue weighted by atomic mass is 10.0. The van der Waals surface area contributed by atoms with E-state index in [9.17, 15) is 13.2 Å². The molecular weight excluding hydrogens is 300 g/mol. The molecule has 0 aliphatic carbocycles. The number of amides is 1. The van der Waals surface area contributed by atoms with Gasteiger partial charge in [-0.15, -0.1) is 6.58 Å². The Morgan fingerprint density at radius 1 is 1.45 bits per heavy atom. The minimum absolute atomic E-state index is 0.102. The molecule has 0 spiro atoms. The minimum Gasteiger partial charge on any atom is -0.336 e. The first-order valence-corrected chi connectivity index (χ1v) is 8.95. The van der Waals surface area contributed by atoms with E-state index in [2.05, 4.69) is 11.3 Å². The Balaban J connectivity index is 2.24. The van der Waals surface area contributed by atoms with Crippen molar-refractivity contribution >= 4 is 15.9 Å². The highest BCUT2D eigenvalue weighted by atomic mass is 32.2. The molecule has 1 aromatic carbocycles. The fourth-order valence-electron chi connectivity index (χ4n) is 2.61. The average molecular weight is 322 g/mol. The molecule has 0 radical (unpaired) electrons. The van der Waals surface area contributed by atoms with E-state index in [1.54, 1.807) is 12.1 Å². The van der Waals surface area contributed by atoms with Gasteiger partial charge in [-0.25, -0.2) is 13.1 Å². The number of nitrogens with one attached hydrogen (secondary N) is 1. The van der Waals surface area contributed by atoms with Crippen molar-refractivity contribution in [2.45, 2.75) is 37.1 Å². The van der Waals surface area contributed by atoms with Crippen molar-refractivity contribution in [1.82, 2.24) is 9.62 Å². The first-order chi connectivity index (χ1) is 10.5. The lowest BCUT2D eigenvalue weighted by molar-refractivity contribution is 0.0635. The van der Waals surface area contributed by atoms with Gasteiger partial charge in [0.05, 0.1) is 4.90 Å². The summed E-state index contributed by atoms with van der Waals surface area (Å²) in [5.74, 6) is -0.104. The van der Waals surface area contributed by atoms with E-state index in [1.165, 1.54) is 18.2 Å². The number of likely N-dealkylation sites (tertiary alicyclic amines) is 1. The van der Waals surface area contributed by atoms with Crippen LogP contribution in [0.3, 0.4) is 0 Å². The summed E-state index contributed by atoms with van der Waals surface area (Å²) in [4.78, 5) is 14.5. The maximum Gasteiger partial charge on any atom is 0.254 e. The second-order valence-electron chi connectivity index (χ2n) is 5.51. The van der Waals surface area contributed by atoms with Crippen molar-refractivity contribution in [2.75, 3.05) is 13.1 Å². The van der Waals surface area contributed by atoms with Gasteiger partial charge in [0.1, 0.15) is 0 Å². The van der Waals surface area contributed by atoms with Gasteiger partial charge in [0.2, 0.25) is 10.0 Å². The molecule has 0 aromatic heterocycles. The van der Waals surface area contributed by atoms with Crippen LogP contribution in [0.25, 0.3) is 0 Å². The number of rotatable bonds is 5. The standard InChI is InChI=1S/C16H22N2O3S/c1-3-10-17-22(20,21)15-9-6-8-14(12-15)16(19)18-11-5-4-7-13(18)2/h3,6,8-9,12-13,17H,1,4-5,7,10-11H2,2H3. The molecule has 120 valence electrons. The Labute approximate surface area is 132 Å². The van der Waals surface area contributed by atoms with Crippen molar-refractivity contribution < 1.29 is 13.2 Å². The molecule has 1 atom stereocenters. The van der Waals surface area contributed by atoms with Gasteiger partial charge in [-0.3, -0.25) is 4.79 Å². The zero-order chi connectivity index (χ0) is 16.2. The summed E-state index contributed by atoms with van der Waals surface area (Å²) in [6.45, 7) is 6.40. The van der Waals surface area contributed by atoms with Crippen molar-refractivity contribution in [1.29, 1.82) is 0 Å². The largest absolute Gasteiger partial charge is 0.336 e. The van der Waals surface area contributed by atoms with Gasteiger partial charge in [-0.1, -0.05) is 12.1 Å². The quantitative estimate of drug-likeness (QED) is 0.845. The molecule has 1 N–H and O–H groups in total. The van der Waals surface area contributed by atoms with Crippen molar-refractivity contribution in [3.8, 4) is 0 Å². The minimum atomic E-state index is -3.61. The summed E-state index contributed by atoms with van der Waals surface area (Å²) in [5.41, 5.74) is 0.412. The van der Waals surface area contributed by atoms with Crippen LogP contribution >= 0.6 is 0 Å². The predicted octanol–water partition coefficient (Wildman–Crippen LogP) is 2.17. The van der Waals surface area contributed by atoms with Gasteiger partial charge in [-0.05, 0) is 44.4 Å². The highest BCUT2D eigenvalue weighted by Gasteiger charge is 2.25. The van der Waals surface area contributed by atoms with E-state index in [-0.39, 0.29) is 23.4 Å². The Bertz CT molecular complexity index is 655. The lowest BCUT2D eigenvalue weighted by Gasteiger charge is -2.33. The third-order valence-corrected chi connectivity index (χ3v) is 5.29. The topological polar surface area (TPSA) is 66.5 Å². The summed E-state index contributed by atoms with van der Waals surface area (Å²) in [7, 11) is -3.61. The van der Waals surface area contributed by atoms with Crippen LogP contribution in [-0.2, 0) is 10.0 Å². The highest BCUT2D eigenvalue weighted by molar-refractivity contribution is 7.89. The highest BCUT2D eigenvalue weighted by Crippen LogP contribution is 2.20. The van der Waals surface area contributed by atoms with Crippen molar-refractivity contribution in [2.24, 2.45) is 0 Å². The van der Waals surface area contributed by atoms with Crippen LogP contribution in [0.4, 0.5) is 0 Å². The van der Waals surface area contributed by atoms with Crippen LogP contribution in [0.15, 0.2) is 41.8 Å². The molecule has 1 aliphatic heterocycles. The Morgan fingerprint density at radius 2 is 2.23 bits per heavy atom. The van der Waals surface area contributed by atoms with Crippen LogP contribution < -0.4 is 4.72 Å². The SMILES string of the molecule is C=CCNS(=O)(=O)c1cccc(C(=O)N2CCCCC2C)c1. The lowest BCUT2D eigenvalue weighted by Crippen LogP contribution is -2.42. The molecule has 2 rings (SSSR count). The van der Waals surface area contributed by atoms with E-state index in [4.69, 9.17) is 0 Å². The number of benzene rings is 1. The van der Waals surface area contributed by atoms with Crippen LogP contribution in [0.5, 0.6) is 0 Å². The molecule has 1 aliphatic rings. The normalized spacial score (nSPS) is 19.0. The summed E-state index contributed by atoms with van der Waals surface area (Å²) in [6.07, 6.45) is 4.59. The molecule has 1 fully saturated rings. The molecule has 6 heteroatoms. The van der Waals surface area contributed by atoms with E-state index < -0.39 is 10.0 Å². The maximum atomic E-state index is 12.6. The monoisotopic (exact) mass is 322 g/mol. The number of nitrogens with zero attached hydrogens (tertiary/aromatic N) is 1. The number of sulfonamides is 1. The number of carbonyl (C=O) groups excluding carboxylic acids is 1. The van der Waals surface area contributed by atoms with E-state index in [0.29, 0.717) is 5.56 Å². The Kier molecular flexibility index (Phi) is 5.37. The number of carbonyl (C=O) groups is 1. The Hall–Kier alpha value is -1.66. The number of hydrogen-bond donors (Lipinski definition) is 1. The average Bonchev–Trinajstić information content (AvgIpc) is 2.53. The first kappa shape index (κ1) is 16.7. The van der Waals surface area contributed by atoms with E-state index >= 15 is 0 Å². The number of piperidine rings is 1. The number of hydrogen-bond acceptors (Lipinski definition) is 3. The molecule has 1 heterocycles. The fourth-order valence-corrected chi connectivity index (χ4v) is 3.66. The second kappa shape index (κ2) is 7.07. The summed E-state index contributed by atoms with van der Waals surface area (Å²) in [6, 6.07) is 6.39. The molecule has 1 aromatic rings. The van der Waals surface area contributed by atoms with Gasteiger partial charge < -0.3 is 4.90 Å². The van der Waals surface area contributed by atoms with Crippen LogP contribution in [0.2, 0.25) is 0 Å². The van der Waals surface area contributed by atoms with Gasteiger partial charge in [0, 0.05) is 24.7 Å². The predicted molar refractivity (Wildman–Crippen MR) is 86.2 cm³/mol. The van der Waals surface area contributed by atoms with E-state index in [0.717, 1.165) is 25.8 Å². The molecule has 1 saturated heterocycles. The molecule has 1 amide bonds. The maximum absolute atomic E-state index is 12.6. The molecule has 0 saturated carbocycles. The van der Waals surface area contributed by atoms with E-state index in [1.807, 2.05) is 11.8 Å². The van der Waals surface area contributed by atoms with Gasteiger partial charge >= 0.3 is 0 Å². The third-order valence-electron chi connectivity index (χ3n) is 3.87. The third kappa shape index (κ3) is 3.75. The summed E-state index contributed by atoms with van der Waals surface area (Å²) in [5, 5.41) is 0. The van der Waals surface area contributed by atoms with Crippen molar-refractivity contribution in [3.05, 3.63) is 42.5 Å². The van der Waals surface area contributed by atoms with Crippen LogP contribution in [-0.4, -0.2) is 38.4 Å². The van der Waals surface area contributed by atoms with Gasteiger partial charge in [0.25, 0.3) is 5.91 Å². The Morgan fingerprint density at radius 3 is 2.91 bits per heavy atom. The molecular formula is C16H22N2O3S. The second-order valence-corrected chi connectivity index (χ2v) is 7.28. The smallest absolute Gasteiger partial charge is 0.254 e. The van der Waals surface area contributed by atoms with Gasteiger partial charge in [-0.2, -0.15) is 0 Å². The molecule has 5 nitrogen and oxygen atoms in total. The molecule has 1 unspecified atom stereocenters. The van der Waals surface area contributed by atoms with Crippen molar-refractivity contribution in [3.63, 3.8) is 0 Å². The van der Waals surface area contributed by atoms with Gasteiger partial charge in [0.15, 0.2) is 0 Å². The van der Waals surface area contributed by atoms with Crippen LogP contribution in [0.1, 0.15) is 36.5 Å². The zero-order valence-corrected chi connectivity index (χ0v) is 13.6. The first-order valence-electron chi connectivity index (χ1n) is 7.47. The zero-order valence-electron chi connectivity index (χ0n) is 12.8. The fraction of sp³-hybridized carbons (Fsp3) is 0.438. The van der Waals surface area contributed by atoms with Crippen LogP contribution in [0, 0.1) is 0 Å². The molecule has 22 heavy (non-hydrogen) atoms.